The van der Waals surface area contributed by atoms with Crippen LogP contribution in [0.5, 0.6) is 5.75 Å². The van der Waals surface area contributed by atoms with E-state index < -0.39 is 0 Å². The highest BCUT2D eigenvalue weighted by Crippen LogP contribution is 2.31. The van der Waals surface area contributed by atoms with Gasteiger partial charge in [-0.05, 0) is 61.7 Å². The fourth-order valence-corrected chi connectivity index (χ4v) is 3.65. The van der Waals surface area contributed by atoms with Crippen LogP contribution in [0.25, 0.3) is 22.4 Å². The summed E-state index contributed by atoms with van der Waals surface area (Å²) in [6, 6.07) is 10.2. The number of hydrogen-bond donors (Lipinski definition) is 1. The maximum Gasteiger partial charge on any atom is 0.138 e. The van der Waals surface area contributed by atoms with Gasteiger partial charge in [-0.2, -0.15) is 0 Å². The van der Waals surface area contributed by atoms with Gasteiger partial charge in [0.2, 0.25) is 0 Å². The predicted octanol–water partition coefficient (Wildman–Crippen LogP) is 7.63. The Labute approximate surface area is 173 Å². The number of aromatic nitrogens is 2. The fourth-order valence-electron chi connectivity index (χ4n) is 3.41. The van der Waals surface area contributed by atoms with Crippen LogP contribution in [-0.2, 0) is 0 Å². The summed E-state index contributed by atoms with van der Waals surface area (Å²) in [7, 11) is 0. The van der Waals surface area contributed by atoms with E-state index in [2.05, 4.69) is 37.9 Å². The molecule has 0 aliphatic heterocycles. The van der Waals surface area contributed by atoms with Crippen LogP contribution in [0.1, 0.15) is 63.0 Å². The van der Waals surface area contributed by atoms with Gasteiger partial charge in [-0.15, -0.1) is 0 Å². The van der Waals surface area contributed by atoms with E-state index in [0.29, 0.717) is 5.02 Å². The second kappa shape index (κ2) is 9.97. The van der Waals surface area contributed by atoms with Gasteiger partial charge in [-0.3, -0.25) is 0 Å². The summed E-state index contributed by atoms with van der Waals surface area (Å²) in [6.45, 7) is 7.19. The van der Waals surface area contributed by atoms with Crippen molar-refractivity contribution in [3.8, 4) is 17.1 Å². The lowest BCUT2D eigenvalue weighted by Gasteiger charge is -2.09. The third-order valence-corrected chi connectivity index (χ3v) is 5.60. The van der Waals surface area contributed by atoms with Gasteiger partial charge in [-0.25, -0.2) is 4.98 Å². The Kier molecular flexibility index (Phi) is 7.38. The monoisotopic (exact) mass is 398 g/mol. The number of nitrogens with one attached hydrogen (secondary N) is 1. The molecule has 1 heterocycles. The highest BCUT2D eigenvalue weighted by atomic mass is 35.5. The zero-order chi connectivity index (χ0) is 19.9. The highest BCUT2D eigenvalue weighted by molar-refractivity contribution is 6.32. The summed E-state index contributed by atoms with van der Waals surface area (Å²) in [5.41, 5.74) is 5.51. The molecule has 0 saturated carbocycles. The zero-order valence-electron chi connectivity index (χ0n) is 17.3. The van der Waals surface area contributed by atoms with Crippen LogP contribution >= 0.6 is 11.6 Å². The molecular formula is C24H31ClN2O. The summed E-state index contributed by atoms with van der Waals surface area (Å²) in [4.78, 5) is 8.11. The number of aryl methyl sites for hydroxylation is 2. The molecule has 3 rings (SSSR count). The van der Waals surface area contributed by atoms with Gasteiger partial charge in [0.1, 0.15) is 11.6 Å². The van der Waals surface area contributed by atoms with Crippen LogP contribution in [0.15, 0.2) is 30.3 Å². The summed E-state index contributed by atoms with van der Waals surface area (Å²) < 4.78 is 5.88. The van der Waals surface area contributed by atoms with Gasteiger partial charge < -0.3 is 9.72 Å². The maximum absolute atomic E-state index is 6.46. The van der Waals surface area contributed by atoms with E-state index in [-0.39, 0.29) is 0 Å². The summed E-state index contributed by atoms with van der Waals surface area (Å²) >= 11 is 6.46. The van der Waals surface area contributed by atoms with Crippen molar-refractivity contribution in [2.45, 2.75) is 65.7 Å². The van der Waals surface area contributed by atoms with E-state index >= 15 is 0 Å². The third kappa shape index (κ3) is 5.29. The summed E-state index contributed by atoms with van der Waals surface area (Å²) in [5.74, 6) is 1.58. The average Bonchev–Trinajstić information content (AvgIpc) is 3.08. The van der Waals surface area contributed by atoms with E-state index in [9.17, 15) is 0 Å². The molecule has 1 N–H and O–H groups in total. The average molecular weight is 399 g/mol. The van der Waals surface area contributed by atoms with E-state index in [4.69, 9.17) is 21.3 Å². The molecular weight excluding hydrogens is 368 g/mol. The molecule has 0 aliphatic rings. The number of nitrogens with zero attached hydrogens (tertiary/aromatic N) is 1. The lowest BCUT2D eigenvalue weighted by atomic mass is 10.1. The van der Waals surface area contributed by atoms with E-state index in [1.807, 2.05) is 18.2 Å². The Bertz CT molecular complexity index is 877. The first-order valence-electron chi connectivity index (χ1n) is 10.5. The molecule has 4 heteroatoms. The Morgan fingerprint density at radius 3 is 2.39 bits per heavy atom. The number of H-pyrrole nitrogens is 1. The quantitative estimate of drug-likeness (QED) is 0.356. The second-order valence-electron chi connectivity index (χ2n) is 7.65. The lowest BCUT2D eigenvalue weighted by molar-refractivity contribution is 0.304. The molecule has 0 aliphatic carbocycles. The largest absolute Gasteiger partial charge is 0.492 e. The van der Waals surface area contributed by atoms with E-state index in [1.165, 1.54) is 49.7 Å². The summed E-state index contributed by atoms with van der Waals surface area (Å²) in [6.07, 6.45) is 8.92. The van der Waals surface area contributed by atoms with E-state index in [1.54, 1.807) is 0 Å². The molecule has 0 radical (unpaired) electrons. The van der Waals surface area contributed by atoms with Crippen LogP contribution in [0, 0.1) is 13.8 Å². The van der Waals surface area contributed by atoms with Crippen LogP contribution in [0.4, 0.5) is 0 Å². The zero-order valence-corrected chi connectivity index (χ0v) is 18.0. The minimum Gasteiger partial charge on any atom is -0.492 e. The number of rotatable bonds is 10. The number of halogens is 1. The molecule has 150 valence electrons. The number of imidazole rings is 1. The van der Waals surface area contributed by atoms with Crippen LogP contribution in [-0.4, -0.2) is 16.6 Å². The minimum absolute atomic E-state index is 0.633. The Morgan fingerprint density at radius 1 is 0.929 bits per heavy atom. The molecule has 2 aromatic carbocycles. The smallest absolute Gasteiger partial charge is 0.138 e. The third-order valence-electron chi connectivity index (χ3n) is 5.31. The number of ether oxygens (including phenoxy) is 1. The van der Waals surface area contributed by atoms with Crippen LogP contribution in [0.3, 0.4) is 0 Å². The number of hydrogen-bond acceptors (Lipinski definition) is 2. The first kappa shape index (κ1) is 20.7. The summed E-state index contributed by atoms with van der Waals surface area (Å²) in [5, 5.41) is 0.633. The van der Waals surface area contributed by atoms with Crippen molar-refractivity contribution in [3.05, 3.63) is 46.5 Å². The minimum atomic E-state index is 0.633. The lowest BCUT2D eigenvalue weighted by Crippen LogP contribution is -1.98. The first-order valence-corrected chi connectivity index (χ1v) is 10.9. The molecule has 0 amide bonds. The van der Waals surface area contributed by atoms with E-state index in [0.717, 1.165) is 41.2 Å². The number of aromatic amines is 1. The second-order valence-corrected chi connectivity index (χ2v) is 8.06. The predicted molar refractivity (Wildman–Crippen MR) is 120 cm³/mol. The van der Waals surface area contributed by atoms with Crippen LogP contribution in [0.2, 0.25) is 5.02 Å². The topological polar surface area (TPSA) is 37.9 Å². The van der Waals surface area contributed by atoms with Gasteiger partial charge >= 0.3 is 0 Å². The molecule has 1 aromatic heterocycles. The molecule has 0 fully saturated rings. The Balaban J connectivity index is 1.57. The normalized spacial score (nSPS) is 11.3. The van der Waals surface area contributed by atoms with Crippen molar-refractivity contribution in [1.82, 2.24) is 9.97 Å². The van der Waals surface area contributed by atoms with Gasteiger partial charge in [0, 0.05) is 5.56 Å². The fraction of sp³-hybridized carbons (Fsp3) is 0.458. The maximum atomic E-state index is 6.46. The van der Waals surface area contributed by atoms with Crippen molar-refractivity contribution in [3.63, 3.8) is 0 Å². The van der Waals surface area contributed by atoms with Crippen molar-refractivity contribution >= 4 is 22.6 Å². The van der Waals surface area contributed by atoms with Gasteiger partial charge in [0.25, 0.3) is 0 Å². The molecule has 0 saturated heterocycles. The molecule has 3 nitrogen and oxygen atoms in total. The molecule has 0 unspecified atom stereocenters. The highest BCUT2D eigenvalue weighted by Gasteiger charge is 2.10. The molecule has 0 atom stereocenters. The Hall–Kier alpha value is -2.00. The number of benzene rings is 2. The number of unbranched alkanes of at least 4 members (excludes halogenated alkanes) is 6. The van der Waals surface area contributed by atoms with Crippen molar-refractivity contribution in [2.24, 2.45) is 0 Å². The SMILES string of the molecule is CCCCCCCCCOc1ccc(-c2nc3cc(C)c(C)cc3[nH]2)cc1Cl. The standard InChI is InChI=1S/C24H31ClN2O/c1-4-5-6-7-8-9-10-13-28-23-12-11-19(16-20(23)25)24-26-21-14-17(2)18(3)15-22(21)27-24/h11-12,14-16H,4-10,13H2,1-3H3,(H,26,27). The van der Waals surface area contributed by atoms with Gasteiger partial charge in [0.15, 0.2) is 0 Å². The number of fused-ring (bicyclic) bond motifs is 1. The molecule has 3 aromatic rings. The molecule has 0 spiro atoms. The van der Waals surface area contributed by atoms with Crippen molar-refractivity contribution < 1.29 is 4.74 Å². The Morgan fingerprint density at radius 2 is 1.64 bits per heavy atom. The molecule has 0 bridgehead atoms. The van der Waals surface area contributed by atoms with Gasteiger partial charge in [-0.1, -0.05) is 57.0 Å². The van der Waals surface area contributed by atoms with Gasteiger partial charge in [0.05, 0.1) is 22.7 Å². The van der Waals surface area contributed by atoms with Crippen LogP contribution < -0.4 is 4.74 Å². The van der Waals surface area contributed by atoms with Crippen molar-refractivity contribution in [1.29, 1.82) is 0 Å². The first-order chi connectivity index (χ1) is 13.6. The molecule has 28 heavy (non-hydrogen) atoms. The van der Waals surface area contributed by atoms with Crippen molar-refractivity contribution in [2.75, 3.05) is 6.61 Å².